The molecule has 1 aliphatic rings. The molecule has 0 spiro atoms. The van der Waals surface area contributed by atoms with E-state index in [0.29, 0.717) is 18.6 Å². The molecule has 1 saturated carbocycles. The smallest absolute Gasteiger partial charge is 0.158 e. The molecule has 1 heterocycles. The van der Waals surface area contributed by atoms with Crippen LogP contribution in [0.1, 0.15) is 51.8 Å². The molecule has 0 amide bonds. The van der Waals surface area contributed by atoms with E-state index >= 15 is 0 Å². The van der Waals surface area contributed by atoms with Crippen LogP contribution >= 0.6 is 0 Å². The molecule has 0 bridgehead atoms. The Balaban J connectivity index is 2.04. The van der Waals surface area contributed by atoms with E-state index in [1.54, 1.807) is 0 Å². The lowest BCUT2D eigenvalue weighted by molar-refractivity contribution is 0.128. The second-order valence-corrected chi connectivity index (χ2v) is 5.86. The van der Waals surface area contributed by atoms with Crippen LogP contribution in [-0.2, 0) is 11.3 Å². The fourth-order valence-corrected chi connectivity index (χ4v) is 3.03. The Kier molecular flexibility index (Phi) is 5.79. The van der Waals surface area contributed by atoms with Gasteiger partial charge < -0.3 is 15.4 Å². The van der Waals surface area contributed by atoms with Crippen LogP contribution in [0.5, 0.6) is 0 Å². The Bertz CT molecular complexity index is 444. The van der Waals surface area contributed by atoms with Gasteiger partial charge in [-0.25, -0.2) is 9.97 Å². The first-order valence-corrected chi connectivity index (χ1v) is 8.08. The van der Waals surface area contributed by atoms with Crippen LogP contribution in [0.25, 0.3) is 0 Å². The second-order valence-electron chi connectivity index (χ2n) is 5.86. The SMILES string of the molecule is CCOCc1nc(NC)cc(NCC2(CC)CCCC2)n1. The topological polar surface area (TPSA) is 59.1 Å². The number of anilines is 2. The predicted molar refractivity (Wildman–Crippen MR) is 86.6 cm³/mol. The van der Waals surface area contributed by atoms with Gasteiger partial charge in [-0.3, -0.25) is 0 Å². The molecule has 21 heavy (non-hydrogen) atoms. The molecule has 0 aliphatic heterocycles. The lowest BCUT2D eigenvalue weighted by atomic mass is 9.83. The number of hydrogen-bond acceptors (Lipinski definition) is 5. The molecule has 1 fully saturated rings. The highest BCUT2D eigenvalue weighted by Gasteiger charge is 2.31. The van der Waals surface area contributed by atoms with Gasteiger partial charge in [0.1, 0.15) is 18.2 Å². The quantitative estimate of drug-likeness (QED) is 0.768. The Labute approximate surface area is 127 Å². The maximum Gasteiger partial charge on any atom is 0.158 e. The minimum Gasteiger partial charge on any atom is -0.374 e. The third-order valence-corrected chi connectivity index (χ3v) is 4.52. The summed E-state index contributed by atoms with van der Waals surface area (Å²) in [5.41, 5.74) is 0.449. The monoisotopic (exact) mass is 292 g/mol. The first-order valence-electron chi connectivity index (χ1n) is 8.08. The Morgan fingerprint density at radius 2 is 1.90 bits per heavy atom. The maximum absolute atomic E-state index is 5.41. The van der Waals surface area contributed by atoms with Crippen molar-refractivity contribution in [2.75, 3.05) is 30.8 Å². The molecule has 0 radical (unpaired) electrons. The zero-order chi connectivity index (χ0) is 15.1. The van der Waals surface area contributed by atoms with Gasteiger partial charge in [0.05, 0.1) is 0 Å². The van der Waals surface area contributed by atoms with Crippen LogP contribution in [0.3, 0.4) is 0 Å². The van der Waals surface area contributed by atoms with Crippen LogP contribution in [0, 0.1) is 5.41 Å². The molecule has 0 unspecified atom stereocenters. The highest BCUT2D eigenvalue weighted by molar-refractivity contribution is 5.47. The van der Waals surface area contributed by atoms with Crippen molar-refractivity contribution in [2.24, 2.45) is 5.41 Å². The highest BCUT2D eigenvalue weighted by atomic mass is 16.5. The van der Waals surface area contributed by atoms with Crippen LogP contribution in [0.15, 0.2) is 6.07 Å². The predicted octanol–water partition coefficient (Wildman–Crippen LogP) is 3.44. The molecule has 118 valence electrons. The molecule has 0 atom stereocenters. The van der Waals surface area contributed by atoms with Crippen molar-refractivity contribution in [3.8, 4) is 0 Å². The van der Waals surface area contributed by atoms with E-state index < -0.39 is 0 Å². The highest BCUT2D eigenvalue weighted by Crippen LogP contribution is 2.40. The molecule has 0 saturated heterocycles. The van der Waals surface area contributed by atoms with E-state index in [2.05, 4.69) is 27.5 Å². The summed E-state index contributed by atoms with van der Waals surface area (Å²) >= 11 is 0. The molecule has 1 aromatic rings. The maximum atomic E-state index is 5.41. The first kappa shape index (κ1) is 16.0. The van der Waals surface area contributed by atoms with E-state index in [0.717, 1.165) is 24.0 Å². The third kappa shape index (κ3) is 4.30. The molecule has 2 N–H and O–H groups in total. The Morgan fingerprint density at radius 1 is 1.19 bits per heavy atom. The number of rotatable bonds is 8. The van der Waals surface area contributed by atoms with Gasteiger partial charge >= 0.3 is 0 Å². The largest absolute Gasteiger partial charge is 0.374 e. The molecule has 1 aromatic heterocycles. The van der Waals surface area contributed by atoms with Gasteiger partial charge in [0, 0.05) is 26.3 Å². The zero-order valence-electron chi connectivity index (χ0n) is 13.5. The van der Waals surface area contributed by atoms with E-state index in [4.69, 9.17) is 4.74 Å². The van der Waals surface area contributed by atoms with E-state index in [1.807, 2.05) is 20.0 Å². The average Bonchev–Trinajstić information content (AvgIpc) is 3.00. The second kappa shape index (κ2) is 7.59. The van der Waals surface area contributed by atoms with E-state index in [-0.39, 0.29) is 0 Å². The molecule has 2 rings (SSSR count). The minimum atomic E-state index is 0.449. The van der Waals surface area contributed by atoms with Gasteiger partial charge in [-0.15, -0.1) is 0 Å². The van der Waals surface area contributed by atoms with Gasteiger partial charge in [-0.2, -0.15) is 0 Å². The zero-order valence-corrected chi connectivity index (χ0v) is 13.5. The van der Waals surface area contributed by atoms with Crippen molar-refractivity contribution in [2.45, 2.75) is 52.6 Å². The van der Waals surface area contributed by atoms with Gasteiger partial charge in [0.2, 0.25) is 0 Å². The van der Waals surface area contributed by atoms with Crippen molar-refractivity contribution >= 4 is 11.6 Å². The summed E-state index contributed by atoms with van der Waals surface area (Å²) in [6.45, 7) is 6.41. The van der Waals surface area contributed by atoms with Gasteiger partial charge in [0.25, 0.3) is 0 Å². The fraction of sp³-hybridized carbons (Fsp3) is 0.750. The van der Waals surface area contributed by atoms with Crippen LogP contribution in [0.4, 0.5) is 11.6 Å². The summed E-state index contributed by atoms with van der Waals surface area (Å²) in [7, 11) is 1.88. The van der Waals surface area contributed by atoms with Crippen LogP contribution in [-0.4, -0.2) is 30.2 Å². The van der Waals surface area contributed by atoms with Gasteiger partial charge in [0.15, 0.2) is 5.82 Å². The Hall–Kier alpha value is -1.36. The van der Waals surface area contributed by atoms with Crippen molar-refractivity contribution in [3.05, 3.63) is 11.9 Å². The van der Waals surface area contributed by atoms with Gasteiger partial charge in [-0.05, 0) is 31.6 Å². The normalized spacial score (nSPS) is 16.9. The summed E-state index contributed by atoms with van der Waals surface area (Å²) in [5.74, 6) is 2.45. The summed E-state index contributed by atoms with van der Waals surface area (Å²) < 4.78 is 5.41. The van der Waals surface area contributed by atoms with Crippen LogP contribution in [0.2, 0.25) is 0 Å². The van der Waals surface area contributed by atoms with Crippen LogP contribution < -0.4 is 10.6 Å². The molecular formula is C16H28N4O. The lowest BCUT2D eigenvalue weighted by Gasteiger charge is -2.28. The fourth-order valence-electron chi connectivity index (χ4n) is 3.03. The van der Waals surface area contributed by atoms with Crippen molar-refractivity contribution in [1.82, 2.24) is 9.97 Å². The van der Waals surface area contributed by atoms with Crippen molar-refractivity contribution in [3.63, 3.8) is 0 Å². The number of nitrogens with zero attached hydrogens (tertiary/aromatic N) is 2. The van der Waals surface area contributed by atoms with Crippen molar-refractivity contribution in [1.29, 1.82) is 0 Å². The number of ether oxygens (including phenoxy) is 1. The molecular weight excluding hydrogens is 264 g/mol. The average molecular weight is 292 g/mol. The third-order valence-electron chi connectivity index (χ3n) is 4.52. The molecule has 5 heteroatoms. The number of hydrogen-bond donors (Lipinski definition) is 2. The summed E-state index contributed by atoms with van der Waals surface area (Å²) in [6.07, 6.45) is 6.60. The standard InChI is InChI=1S/C16H28N4O/c1-4-16(8-6-7-9-16)12-18-14-10-13(17-3)19-15(20-14)11-21-5-2/h10H,4-9,11-12H2,1-3H3,(H2,17,18,19,20). The first-order chi connectivity index (χ1) is 10.2. The summed E-state index contributed by atoms with van der Waals surface area (Å²) in [5, 5.41) is 6.61. The number of nitrogens with one attached hydrogen (secondary N) is 2. The summed E-state index contributed by atoms with van der Waals surface area (Å²) in [4.78, 5) is 8.98. The van der Waals surface area contributed by atoms with Crippen molar-refractivity contribution < 1.29 is 4.74 Å². The molecule has 0 aromatic carbocycles. The molecule has 1 aliphatic carbocycles. The van der Waals surface area contributed by atoms with E-state index in [9.17, 15) is 0 Å². The van der Waals surface area contributed by atoms with E-state index in [1.165, 1.54) is 32.1 Å². The lowest BCUT2D eigenvalue weighted by Crippen LogP contribution is -2.26. The number of aromatic nitrogens is 2. The minimum absolute atomic E-state index is 0.449. The molecule has 5 nitrogen and oxygen atoms in total. The van der Waals surface area contributed by atoms with Gasteiger partial charge in [-0.1, -0.05) is 19.8 Å². The summed E-state index contributed by atoms with van der Waals surface area (Å²) in [6, 6.07) is 1.97. The Morgan fingerprint density at radius 3 is 2.52 bits per heavy atom.